The molecule has 2 aliphatic heterocycles. The largest absolute Gasteiger partial charge is 0.452 e. The van der Waals surface area contributed by atoms with Crippen molar-refractivity contribution in [2.45, 2.75) is 24.4 Å². The molecule has 0 aromatic heterocycles. The van der Waals surface area contributed by atoms with Crippen LogP contribution in [-0.2, 0) is 23.8 Å². The van der Waals surface area contributed by atoms with E-state index in [1.165, 1.54) is 12.2 Å². The summed E-state index contributed by atoms with van der Waals surface area (Å²) in [5, 5.41) is 0. The van der Waals surface area contributed by atoms with Crippen LogP contribution in [-0.4, -0.2) is 30.3 Å². The van der Waals surface area contributed by atoms with Crippen LogP contribution < -0.4 is 0 Å². The molecule has 0 radical (unpaired) electrons. The Balaban J connectivity index is 1.42. The summed E-state index contributed by atoms with van der Waals surface area (Å²) in [4.78, 5) is 23.9. The summed E-state index contributed by atoms with van der Waals surface area (Å²) in [5.74, 6) is -0.970. The summed E-state index contributed by atoms with van der Waals surface area (Å²) in [7, 11) is 0. The second-order valence-corrected chi connectivity index (χ2v) is 6.34. The normalized spacial score (nSPS) is 26.6. The Labute approximate surface area is 156 Å². The molecule has 1 fully saturated rings. The lowest BCUT2D eigenvalue weighted by molar-refractivity contribution is -0.161. The number of carbonyl (C=O) groups is 2. The highest BCUT2D eigenvalue weighted by Gasteiger charge is 2.52. The third-order valence-electron chi connectivity index (χ3n) is 4.44. The molecule has 4 atom stereocenters. The first kappa shape index (κ1) is 17.2. The average molecular weight is 362 g/mol. The molecule has 5 heteroatoms. The molecule has 136 valence electrons. The first-order valence-corrected chi connectivity index (χ1v) is 8.74. The fourth-order valence-corrected chi connectivity index (χ4v) is 3.07. The lowest BCUT2D eigenvalue weighted by atomic mass is 10.0. The van der Waals surface area contributed by atoms with Crippen molar-refractivity contribution in [2.75, 3.05) is 0 Å². The SMILES string of the molecule is O=C1C=C[C@H](OC(=O)/C=C/c2ccccc2)[C@H]([C@@H]2O[C@@H]2c2ccccc2)O1. The van der Waals surface area contributed by atoms with Gasteiger partial charge in [-0.05, 0) is 23.3 Å². The number of esters is 2. The van der Waals surface area contributed by atoms with E-state index in [4.69, 9.17) is 14.2 Å². The van der Waals surface area contributed by atoms with Crippen molar-refractivity contribution in [2.24, 2.45) is 0 Å². The van der Waals surface area contributed by atoms with Crippen LogP contribution in [0.25, 0.3) is 6.08 Å². The minimum Gasteiger partial charge on any atom is -0.452 e. The zero-order valence-corrected chi connectivity index (χ0v) is 14.4. The molecule has 0 unspecified atom stereocenters. The number of ether oxygens (including phenoxy) is 3. The van der Waals surface area contributed by atoms with E-state index in [1.807, 2.05) is 60.7 Å². The van der Waals surface area contributed by atoms with E-state index >= 15 is 0 Å². The van der Waals surface area contributed by atoms with Crippen LogP contribution in [0.2, 0.25) is 0 Å². The van der Waals surface area contributed by atoms with Gasteiger partial charge in [-0.3, -0.25) is 0 Å². The number of cyclic esters (lactones) is 1. The standard InChI is InChI=1S/C22H18O5/c23-18(13-11-15-7-3-1-4-8-15)25-17-12-14-19(24)26-21(17)22-20(27-22)16-9-5-2-6-10-16/h1-14,17,20-22H/b13-11+/t17-,20+,21+,22+/m0/s1. The van der Waals surface area contributed by atoms with Crippen molar-refractivity contribution in [3.05, 3.63) is 90.0 Å². The van der Waals surface area contributed by atoms with Crippen LogP contribution in [0.15, 0.2) is 78.9 Å². The van der Waals surface area contributed by atoms with Crippen LogP contribution in [0, 0.1) is 0 Å². The van der Waals surface area contributed by atoms with E-state index in [0.717, 1.165) is 11.1 Å². The number of hydrogen-bond acceptors (Lipinski definition) is 5. The average Bonchev–Trinajstić information content (AvgIpc) is 3.50. The van der Waals surface area contributed by atoms with E-state index < -0.39 is 24.1 Å². The smallest absolute Gasteiger partial charge is 0.331 e. The maximum absolute atomic E-state index is 12.2. The summed E-state index contributed by atoms with van der Waals surface area (Å²) >= 11 is 0. The van der Waals surface area contributed by atoms with E-state index in [-0.39, 0.29) is 12.2 Å². The van der Waals surface area contributed by atoms with Crippen LogP contribution in [0.5, 0.6) is 0 Å². The monoisotopic (exact) mass is 362 g/mol. The van der Waals surface area contributed by atoms with Gasteiger partial charge in [0, 0.05) is 12.2 Å². The van der Waals surface area contributed by atoms with Gasteiger partial charge in [-0.25, -0.2) is 9.59 Å². The van der Waals surface area contributed by atoms with Gasteiger partial charge in [0.25, 0.3) is 0 Å². The van der Waals surface area contributed by atoms with Gasteiger partial charge in [-0.2, -0.15) is 0 Å². The van der Waals surface area contributed by atoms with E-state index in [2.05, 4.69) is 0 Å². The topological polar surface area (TPSA) is 65.1 Å². The predicted octanol–water partition coefficient (Wildman–Crippen LogP) is 3.23. The highest BCUT2D eigenvalue weighted by molar-refractivity contribution is 5.88. The maximum Gasteiger partial charge on any atom is 0.331 e. The summed E-state index contributed by atoms with van der Waals surface area (Å²) < 4.78 is 16.6. The fourth-order valence-electron chi connectivity index (χ4n) is 3.07. The fraction of sp³-hybridized carbons (Fsp3) is 0.182. The molecule has 2 aromatic rings. The Morgan fingerprint density at radius 1 is 0.963 bits per heavy atom. The highest BCUT2D eigenvalue weighted by Crippen LogP contribution is 2.43. The maximum atomic E-state index is 12.2. The minimum absolute atomic E-state index is 0.170. The molecule has 0 aliphatic carbocycles. The van der Waals surface area contributed by atoms with Crippen molar-refractivity contribution in [1.82, 2.24) is 0 Å². The Bertz CT molecular complexity index is 872. The first-order valence-electron chi connectivity index (χ1n) is 8.74. The zero-order chi connectivity index (χ0) is 18.6. The Kier molecular flexibility index (Phi) is 4.85. The molecule has 2 heterocycles. The molecule has 27 heavy (non-hydrogen) atoms. The number of epoxide rings is 1. The summed E-state index contributed by atoms with van der Waals surface area (Å²) in [5.41, 5.74) is 1.90. The molecular formula is C22H18O5. The molecular weight excluding hydrogens is 344 g/mol. The molecule has 4 rings (SSSR count). The van der Waals surface area contributed by atoms with E-state index in [9.17, 15) is 9.59 Å². The molecule has 0 spiro atoms. The van der Waals surface area contributed by atoms with Gasteiger partial charge >= 0.3 is 11.9 Å². The molecule has 2 aliphatic rings. The van der Waals surface area contributed by atoms with Crippen molar-refractivity contribution < 1.29 is 23.8 Å². The highest BCUT2D eigenvalue weighted by atomic mass is 16.6. The Hall–Kier alpha value is -3.18. The summed E-state index contributed by atoms with van der Waals surface area (Å²) in [6.07, 6.45) is 4.00. The Morgan fingerprint density at radius 2 is 1.67 bits per heavy atom. The van der Waals surface area contributed by atoms with Crippen LogP contribution in [0.1, 0.15) is 17.2 Å². The van der Waals surface area contributed by atoms with Gasteiger partial charge in [-0.15, -0.1) is 0 Å². The van der Waals surface area contributed by atoms with Crippen LogP contribution in [0.3, 0.4) is 0 Å². The van der Waals surface area contributed by atoms with Crippen molar-refractivity contribution >= 4 is 18.0 Å². The third kappa shape index (κ3) is 4.15. The molecule has 0 bridgehead atoms. The molecule has 0 N–H and O–H groups in total. The third-order valence-corrected chi connectivity index (χ3v) is 4.44. The van der Waals surface area contributed by atoms with Gasteiger partial charge < -0.3 is 14.2 Å². The van der Waals surface area contributed by atoms with Gasteiger partial charge in [0.15, 0.2) is 12.2 Å². The van der Waals surface area contributed by atoms with Crippen LogP contribution >= 0.6 is 0 Å². The Morgan fingerprint density at radius 3 is 2.41 bits per heavy atom. The van der Waals surface area contributed by atoms with Crippen molar-refractivity contribution in [3.63, 3.8) is 0 Å². The second-order valence-electron chi connectivity index (χ2n) is 6.34. The number of hydrogen-bond donors (Lipinski definition) is 0. The summed E-state index contributed by atoms with van der Waals surface area (Å²) in [6, 6.07) is 19.1. The molecule has 2 aromatic carbocycles. The van der Waals surface area contributed by atoms with Crippen molar-refractivity contribution in [3.8, 4) is 0 Å². The van der Waals surface area contributed by atoms with Gasteiger partial charge in [0.1, 0.15) is 12.2 Å². The quantitative estimate of drug-likeness (QED) is 0.464. The van der Waals surface area contributed by atoms with Crippen LogP contribution in [0.4, 0.5) is 0 Å². The first-order chi connectivity index (χ1) is 13.2. The van der Waals surface area contributed by atoms with Gasteiger partial charge in [0.2, 0.25) is 0 Å². The lowest BCUT2D eigenvalue weighted by Gasteiger charge is -2.25. The van der Waals surface area contributed by atoms with Gasteiger partial charge in [0.05, 0.1) is 0 Å². The molecule has 0 amide bonds. The summed E-state index contributed by atoms with van der Waals surface area (Å²) in [6.45, 7) is 0. The minimum atomic E-state index is -0.686. The van der Waals surface area contributed by atoms with Gasteiger partial charge in [-0.1, -0.05) is 60.7 Å². The van der Waals surface area contributed by atoms with E-state index in [0.29, 0.717) is 0 Å². The number of rotatable bonds is 5. The van der Waals surface area contributed by atoms with Crippen molar-refractivity contribution in [1.29, 1.82) is 0 Å². The molecule has 0 saturated carbocycles. The molecule has 5 nitrogen and oxygen atoms in total. The second kappa shape index (κ2) is 7.60. The number of benzene rings is 2. The lowest BCUT2D eigenvalue weighted by Crippen LogP contribution is -2.40. The zero-order valence-electron chi connectivity index (χ0n) is 14.4. The number of carbonyl (C=O) groups excluding carboxylic acids is 2. The van der Waals surface area contributed by atoms with E-state index in [1.54, 1.807) is 12.2 Å². The molecule has 1 saturated heterocycles. The predicted molar refractivity (Wildman–Crippen MR) is 98.4 cm³/mol.